The minimum atomic E-state index is -0.582. The second kappa shape index (κ2) is 10.8. The highest BCUT2D eigenvalue weighted by atomic mass is 32.2. The Morgan fingerprint density at radius 2 is 1.72 bits per heavy atom. The van der Waals surface area contributed by atoms with E-state index in [1.807, 2.05) is 30.3 Å². The molecular weight excluding hydrogens is 446 g/mol. The van der Waals surface area contributed by atoms with Crippen molar-refractivity contribution in [2.24, 2.45) is 0 Å². The monoisotopic (exact) mass is 469 g/mol. The van der Waals surface area contributed by atoms with Crippen LogP contribution < -0.4 is 16.4 Å². The lowest BCUT2D eigenvalue weighted by atomic mass is 10.1. The van der Waals surface area contributed by atoms with Crippen molar-refractivity contribution < 1.29 is 19.1 Å². The maximum atomic E-state index is 12.8. The number of benzene rings is 2. The highest BCUT2D eigenvalue weighted by molar-refractivity contribution is 8.00. The van der Waals surface area contributed by atoms with Gasteiger partial charge in [0.1, 0.15) is 5.00 Å². The molecule has 3 rings (SSSR count). The van der Waals surface area contributed by atoms with Crippen molar-refractivity contribution in [3.05, 3.63) is 70.6 Å². The number of amides is 2. The van der Waals surface area contributed by atoms with Gasteiger partial charge in [-0.2, -0.15) is 0 Å². The summed E-state index contributed by atoms with van der Waals surface area (Å²) in [5.74, 6) is -1.11. The van der Waals surface area contributed by atoms with E-state index in [4.69, 9.17) is 10.5 Å². The molecule has 0 aliphatic heterocycles. The Morgan fingerprint density at radius 1 is 1.03 bits per heavy atom. The van der Waals surface area contributed by atoms with Crippen LogP contribution >= 0.6 is 23.1 Å². The number of thiophene rings is 1. The van der Waals surface area contributed by atoms with E-state index < -0.39 is 5.97 Å². The van der Waals surface area contributed by atoms with Crippen molar-refractivity contribution in [1.82, 2.24) is 0 Å². The zero-order valence-corrected chi connectivity index (χ0v) is 19.3. The van der Waals surface area contributed by atoms with Crippen molar-refractivity contribution >= 4 is 57.3 Å². The highest BCUT2D eigenvalue weighted by Gasteiger charge is 2.26. The minimum absolute atomic E-state index is 0.134. The van der Waals surface area contributed by atoms with Gasteiger partial charge in [-0.15, -0.1) is 23.1 Å². The second-order valence-electron chi connectivity index (χ2n) is 6.71. The summed E-state index contributed by atoms with van der Waals surface area (Å²) in [5, 5.41) is 5.87. The number of hydrogen-bond acceptors (Lipinski definition) is 7. The molecule has 2 amide bonds. The molecule has 0 unspecified atom stereocenters. The van der Waals surface area contributed by atoms with Crippen molar-refractivity contribution in [2.75, 3.05) is 28.7 Å². The smallest absolute Gasteiger partial charge is 0.341 e. The Kier molecular flexibility index (Phi) is 7.91. The molecule has 0 fully saturated rings. The van der Waals surface area contributed by atoms with Crippen LogP contribution in [0.5, 0.6) is 0 Å². The first kappa shape index (κ1) is 23.4. The molecule has 9 heteroatoms. The molecule has 0 atom stereocenters. The molecule has 1 aromatic heterocycles. The van der Waals surface area contributed by atoms with E-state index in [-0.39, 0.29) is 29.7 Å². The molecular formula is C23H23N3O4S2. The lowest BCUT2D eigenvalue weighted by Gasteiger charge is -2.07. The number of rotatable bonds is 8. The van der Waals surface area contributed by atoms with E-state index in [9.17, 15) is 14.4 Å². The van der Waals surface area contributed by atoms with Gasteiger partial charge in [0.05, 0.1) is 22.8 Å². The molecule has 3 aromatic rings. The van der Waals surface area contributed by atoms with Gasteiger partial charge in [-0.1, -0.05) is 18.2 Å². The molecule has 2 aromatic carbocycles. The molecule has 0 saturated heterocycles. The Balaban J connectivity index is 1.79. The summed E-state index contributed by atoms with van der Waals surface area (Å²) < 4.78 is 5.15. The first-order valence-electron chi connectivity index (χ1n) is 9.84. The number of para-hydroxylation sites is 1. The predicted octanol–water partition coefficient (Wildman–Crippen LogP) is 4.80. The van der Waals surface area contributed by atoms with E-state index in [2.05, 4.69) is 10.6 Å². The fraction of sp³-hybridized carbons (Fsp3) is 0.174. The molecule has 166 valence electrons. The first-order valence-corrected chi connectivity index (χ1v) is 11.6. The number of nitrogens with one attached hydrogen (secondary N) is 2. The maximum Gasteiger partial charge on any atom is 0.341 e. The van der Waals surface area contributed by atoms with Gasteiger partial charge < -0.3 is 21.1 Å². The maximum absolute atomic E-state index is 12.8. The fourth-order valence-electron chi connectivity index (χ4n) is 2.85. The van der Waals surface area contributed by atoms with E-state index in [1.165, 1.54) is 11.8 Å². The second-order valence-corrected chi connectivity index (χ2v) is 8.78. The van der Waals surface area contributed by atoms with E-state index in [0.29, 0.717) is 26.8 Å². The number of anilines is 3. The van der Waals surface area contributed by atoms with Gasteiger partial charge >= 0.3 is 5.97 Å². The summed E-state index contributed by atoms with van der Waals surface area (Å²) in [4.78, 5) is 39.2. The summed E-state index contributed by atoms with van der Waals surface area (Å²) in [5.41, 5.74) is 7.62. The third-order valence-corrected chi connectivity index (χ3v) is 6.59. The summed E-state index contributed by atoms with van der Waals surface area (Å²) in [7, 11) is 0. The molecule has 0 aliphatic rings. The molecule has 0 spiro atoms. The SMILES string of the molecule is CCOC(=O)c1c(NC(=O)CSc2ccc(N)cc2)sc(C(=O)Nc2ccccc2)c1C. The van der Waals surface area contributed by atoms with Gasteiger partial charge in [0, 0.05) is 16.3 Å². The van der Waals surface area contributed by atoms with Crippen LogP contribution in [0.1, 0.15) is 32.5 Å². The van der Waals surface area contributed by atoms with Gasteiger partial charge in [-0.3, -0.25) is 9.59 Å². The summed E-state index contributed by atoms with van der Waals surface area (Å²) in [6.45, 7) is 3.55. The van der Waals surface area contributed by atoms with Crippen LogP contribution in [0.15, 0.2) is 59.5 Å². The van der Waals surface area contributed by atoms with Gasteiger partial charge in [0.2, 0.25) is 5.91 Å². The molecule has 0 aliphatic carbocycles. The van der Waals surface area contributed by atoms with Crippen molar-refractivity contribution in [2.45, 2.75) is 18.7 Å². The molecule has 0 saturated carbocycles. The molecule has 0 radical (unpaired) electrons. The zero-order valence-electron chi connectivity index (χ0n) is 17.6. The number of esters is 1. The third kappa shape index (κ3) is 5.89. The van der Waals surface area contributed by atoms with Gasteiger partial charge in [0.25, 0.3) is 5.91 Å². The van der Waals surface area contributed by atoms with Crippen LogP contribution in [0.2, 0.25) is 0 Å². The number of hydrogen-bond donors (Lipinski definition) is 3. The van der Waals surface area contributed by atoms with Crippen LogP contribution in [-0.4, -0.2) is 30.1 Å². The number of nitrogens with two attached hydrogens (primary N) is 1. The third-order valence-electron chi connectivity index (χ3n) is 4.37. The summed E-state index contributed by atoms with van der Waals surface area (Å²) >= 11 is 2.39. The standard InChI is InChI=1S/C23H23N3O4S2/c1-3-30-23(29)19-14(2)20(21(28)25-16-7-5-4-6-8-16)32-22(19)26-18(27)13-31-17-11-9-15(24)10-12-17/h4-12H,3,13,24H2,1-2H3,(H,25,28)(H,26,27). The van der Waals surface area contributed by atoms with Crippen molar-refractivity contribution in [1.29, 1.82) is 0 Å². The number of nitrogen functional groups attached to an aromatic ring is 1. The topological polar surface area (TPSA) is 111 Å². The molecule has 1 heterocycles. The predicted molar refractivity (Wildman–Crippen MR) is 130 cm³/mol. The number of ether oxygens (including phenoxy) is 1. The minimum Gasteiger partial charge on any atom is -0.462 e. The largest absolute Gasteiger partial charge is 0.462 e. The fourth-order valence-corrected chi connectivity index (χ4v) is 4.66. The Hall–Kier alpha value is -3.30. The normalized spacial score (nSPS) is 10.4. The highest BCUT2D eigenvalue weighted by Crippen LogP contribution is 2.34. The first-order chi connectivity index (χ1) is 15.4. The van der Waals surface area contributed by atoms with Gasteiger partial charge in [-0.05, 0) is 55.8 Å². The lowest BCUT2D eigenvalue weighted by Crippen LogP contribution is -2.16. The summed E-state index contributed by atoms with van der Waals surface area (Å²) in [6, 6.07) is 16.2. The zero-order chi connectivity index (χ0) is 23.1. The average Bonchev–Trinajstić information content (AvgIpc) is 3.10. The Morgan fingerprint density at radius 3 is 2.38 bits per heavy atom. The van der Waals surface area contributed by atoms with Crippen LogP contribution in [0, 0.1) is 6.92 Å². The van der Waals surface area contributed by atoms with Crippen LogP contribution in [0.3, 0.4) is 0 Å². The summed E-state index contributed by atoms with van der Waals surface area (Å²) in [6.07, 6.45) is 0. The lowest BCUT2D eigenvalue weighted by molar-refractivity contribution is -0.113. The number of carbonyl (C=O) groups excluding carboxylic acids is 3. The van der Waals surface area contributed by atoms with Gasteiger partial charge in [-0.25, -0.2) is 4.79 Å². The van der Waals surface area contributed by atoms with E-state index >= 15 is 0 Å². The van der Waals surface area contributed by atoms with E-state index in [1.54, 1.807) is 38.1 Å². The molecule has 4 N–H and O–H groups in total. The van der Waals surface area contributed by atoms with Crippen molar-refractivity contribution in [3.8, 4) is 0 Å². The number of carbonyl (C=O) groups is 3. The average molecular weight is 470 g/mol. The molecule has 7 nitrogen and oxygen atoms in total. The molecule has 0 bridgehead atoms. The van der Waals surface area contributed by atoms with E-state index in [0.717, 1.165) is 16.2 Å². The number of thioether (sulfide) groups is 1. The Bertz CT molecular complexity index is 1110. The van der Waals surface area contributed by atoms with Crippen LogP contribution in [0.25, 0.3) is 0 Å². The van der Waals surface area contributed by atoms with Crippen LogP contribution in [-0.2, 0) is 9.53 Å². The van der Waals surface area contributed by atoms with Gasteiger partial charge in [0.15, 0.2) is 0 Å². The Labute approximate surface area is 194 Å². The van der Waals surface area contributed by atoms with Crippen LogP contribution in [0.4, 0.5) is 16.4 Å². The quantitative estimate of drug-likeness (QED) is 0.248. The van der Waals surface area contributed by atoms with Crippen molar-refractivity contribution in [3.63, 3.8) is 0 Å². The molecule has 32 heavy (non-hydrogen) atoms.